The Bertz CT molecular complexity index is 801. The van der Waals surface area contributed by atoms with Crippen molar-refractivity contribution in [2.75, 3.05) is 58.4 Å². The van der Waals surface area contributed by atoms with Gasteiger partial charge in [-0.2, -0.15) is 0 Å². The van der Waals surface area contributed by atoms with Crippen molar-refractivity contribution in [1.82, 2.24) is 9.80 Å². The Balaban J connectivity index is 1.90. The van der Waals surface area contributed by atoms with Gasteiger partial charge in [-0.25, -0.2) is 4.79 Å². The number of para-hydroxylation sites is 1. The van der Waals surface area contributed by atoms with E-state index in [0.717, 1.165) is 0 Å². The molecule has 3 rings (SSSR count). The zero-order chi connectivity index (χ0) is 20.1. The van der Waals surface area contributed by atoms with Crippen molar-refractivity contribution in [2.24, 2.45) is 0 Å². The fourth-order valence-corrected chi connectivity index (χ4v) is 3.20. The van der Waals surface area contributed by atoms with Gasteiger partial charge in [0.2, 0.25) is 0 Å². The fraction of sp³-hybridized carbons (Fsp3) is 0.421. The highest BCUT2D eigenvalue weighted by Crippen LogP contribution is 2.25. The molecule has 2 amide bonds. The zero-order valence-corrected chi connectivity index (χ0v) is 15.6. The summed E-state index contributed by atoms with van der Waals surface area (Å²) in [5.74, 6) is -1.24. The topological polar surface area (TPSA) is 108 Å². The summed E-state index contributed by atoms with van der Waals surface area (Å²) in [5, 5.41) is 12.1. The third kappa shape index (κ3) is 4.00. The number of rotatable bonds is 6. The molecule has 0 radical (unpaired) electrons. The summed E-state index contributed by atoms with van der Waals surface area (Å²) in [6.07, 6.45) is 0. The lowest BCUT2D eigenvalue weighted by Crippen LogP contribution is -2.41. The summed E-state index contributed by atoms with van der Waals surface area (Å²) in [6, 6.07) is 6.83. The molecule has 2 aliphatic rings. The Hall–Kier alpha value is -2.91. The molecule has 9 nitrogen and oxygen atoms in total. The SMILES string of the molecule is COC(=O)C1=C(Nc2ccccc2C(=O)N2CCOCC2)C(=O)N(CCO)C1. The van der Waals surface area contributed by atoms with E-state index in [1.54, 1.807) is 29.2 Å². The number of ether oxygens (including phenoxy) is 2. The molecule has 28 heavy (non-hydrogen) atoms. The Morgan fingerprint density at radius 3 is 2.64 bits per heavy atom. The molecule has 0 spiro atoms. The van der Waals surface area contributed by atoms with Gasteiger partial charge in [0.25, 0.3) is 11.8 Å². The molecule has 0 aliphatic carbocycles. The van der Waals surface area contributed by atoms with Gasteiger partial charge in [0.05, 0.1) is 50.3 Å². The number of anilines is 1. The summed E-state index contributed by atoms with van der Waals surface area (Å²) < 4.78 is 10.1. The molecule has 0 saturated carbocycles. The molecular formula is C19H23N3O6. The highest BCUT2D eigenvalue weighted by atomic mass is 16.5. The number of morpholine rings is 1. The molecule has 1 aromatic carbocycles. The molecular weight excluding hydrogens is 366 g/mol. The number of hydrogen-bond donors (Lipinski definition) is 2. The quantitative estimate of drug-likeness (QED) is 0.651. The average Bonchev–Trinajstić information content (AvgIpc) is 3.04. The van der Waals surface area contributed by atoms with Gasteiger partial charge in [-0.05, 0) is 12.1 Å². The number of carbonyl (C=O) groups is 3. The van der Waals surface area contributed by atoms with Crippen molar-refractivity contribution < 1.29 is 29.0 Å². The molecule has 2 aliphatic heterocycles. The number of aliphatic hydroxyl groups excluding tert-OH is 1. The maximum atomic E-state index is 12.9. The van der Waals surface area contributed by atoms with Crippen LogP contribution in [0.2, 0.25) is 0 Å². The first kappa shape index (κ1) is 19.8. The number of β-amino-alcohol motifs (C(OH)–C–C–N with tert-alkyl or cyclic N) is 1. The van der Waals surface area contributed by atoms with Crippen LogP contribution in [-0.4, -0.2) is 85.8 Å². The van der Waals surface area contributed by atoms with Crippen LogP contribution in [0.4, 0.5) is 5.69 Å². The summed E-state index contributed by atoms with van der Waals surface area (Å²) in [5.41, 5.74) is 1.04. The van der Waals surface area contributed by atoms with E-state index < -0.39 is 11.9 Å². The van der Waals surface area contributed by atoms with Gasteiger partial charge >= 0.3 is 5.97 Å². The molecule has 9 heteroatoms. The number of esters is 1. The van der Waals surface area contributed by atoms with Crippen LogP contribution in [0.5, 0.6) is 0 Å². The predicted molar refractivity (Wildman–Crippen MR) is 99.5 cm³/mol. The van der Waals surface area contributed by atoms with Crippen molar-refractivity contribution in [1.29, 1.82) is 0 Å². The van der Waals surface area contributed by atoms with Crippen LogP contribution >= 0.6 is 0 Å². The standard InChI is InChI=1S/C19H23N3O6/c1-27-19(26)14-12-22(6-9-23)18(25)16(14)20-15-5-3-2-4-13(15)17(24)21-7-10-28-11-8-21/h2-5,20,23H,6-12H2,1H3. The summed E-state index contributed by atoms with van der Waals surface area (Å²) >= 11 is 0. The first-order valence-electron chi connectivity index (χ1n) is 9.01. The lowest BCUT2D eigenvalue weighted by Gasteiger charge is -2.27. The molecule has 0 unspecified atom stereocenters. The monoisotopic (exact) mass is 389 g/mol. The van der Waals surface area contributed by atoms with Gasteiger partial charge in [-0.1, -0.05) is 12.1 Å². The lowest BCUT2D eigenvalue weighted by atomic mass is 10.1. The van der Waals surface area contributed by atoms with E-state index in [4.69, 9.17) is 14.6 Å². The molecule has 1 fully saturated rings. The van der Waals surface area contributed by atoms with E-state index in [1.807, 2.05) is 0 Å². The van der Waals surface area contributed by atoms with E-state index in [-0.39, 0.29) is 36.9 Å². The van der Waals surface area contributed by atoms with E-state index in [2.05, 4.69) is 5.32 Å². The molecule has 150 valence electrons. The number of nitrogens with one attached hydrogen (secondary N) is 1. The van der Waals surface area contributed by atoms with Crippen molar-refractivity contribution in [2.45, 2.75) is 0 Å². The number of methoxy groups -OCH3 is 1. The highest BCUT2D eigenvalue weighted by molar-refractivity contribution is 6.09. The number of benzene rings is 1. The van der Waals surface area contributed by atoms with Crippen molar-refractivity contribution in [3.63, 3.8) is 0 Å². The molecule has 0 atom stereocenters. The van der Waals surface area contributed by atoms with Gasteiger partial charge in [0.15, 0.2) is 0 Å². The minimum atomic E-state index is -0.631. The number of aliphatic hydroxyl groups is 1. The fourth-order valence-electron chi connectivity index (χ4n) is 3.20. The van der Waals surface area contributed by atoms with Gasteiger partial charge in [-0.3, -0.25) is 9.59 Å². The van der Waals surface area contributed by atoms with Gasteiger partial charge in [-0.15, -0.1) is 0 Å². The maximum absolute atomic E-state index is 12.9. The molecule has 2 heterocycles. The highest BCUT2D eigenvalue weighted by Gasteiger charge is 2.35. The summed E-state index contributed by atoms with van der Waals surface area (Å²) in [6.45, 7) is 1.85. The van der Waals surface area contributed by atoms with E-state index in [0.29, 0.717) is 37.6 Å². The maximum Gasteiger partial charge on any atom is 0.337 e. The second-order valence-corrected chi connectivity index (χ2v) is 6.37. The van der Waals surface area contributed by atoms with Crippen LogP contribution in [-0.2, 0) is 19.1 Å². The van der Waals surface area contributed by atoms with Crippen LogP contribution < -0.4 is 5.32 Å². The Labute approximate surface area is 162 Å². The lowest BCUT2D eigenvalue weighted by molar-refractivity contribution is -0.136. The van der Waals surface area contributed by atoms with E-state index >= 15 is 0 Å². The smallest absolute Gasteiger partial charge is 0.337 e. The van der Waals surface area contributed by atoms with E-state index in [1.165, 1.54) is 12.0 Å². The van der Waals surface area contributed by atoms with Crippen molar-refractivity contribution in [3.05, 3.63) is 41.1 Å². The van der Waals surface area contributed by atoms with Crippen molar-refractivity contribution >= 4 is 23.5 Å². The average molecular weight is 389 g/mol. The Kier molecular flexibility index (Phi) is 6.27. The predicted octanol–water partition coefficient (Wildman–Crippen LogP) is -0.167. The normalized spacial score (nSPS) is 17.1. The molecule has 2 N–H and O–H groups in total. The van der Waals surface area contributed by atoms with Crippen LogP contribution in [0.25, 0.3) is 0 Å². The summed E-state index contributed by atoms with van der Waals surface area (Å²) in [7, 11) is 1.24. The Morgan fingerprint density at radius 1 is 1.25 bits per heavy atom. The number of carbonyl (C=O) groups excluding carboxylic acids is 3. The number of nitrogens with zero attached hydrogens (tertiary/aromatic N) is 2. The van der Waals surface area contributed by atoms with Crippen LogP contribution in [0.15, 0.2) is 35.5 Å². The third-order valence-corrected chi connectivity index (χ3v) is 4.67. The number of hydrogen-bond acceptors (Lipinski definition) is 7. The molecule has 1 aromatic rings. The first-order chi connectivity index (χ1) is 13.6. The van der Waals surface area contributed by atoms with Gasteiger partial charge in [0.1, 0.15) is 5.70 Å². The Morgan fingerprint density at radius 2 is 1.96 bits per heavy atom. The van der Waals surface area contributed by atoms with Crippen LogP contribution in [0, 0.1) is 0 Å². The van der Waals surface area contributed by atoms with Gasteiger partial charge < -0.3 is 29.7 Å². The summed E-state index contributed by atoms with van der Waals surface area (Å²) in [4.78, 5) is 40.8. The minimum absolute atomic E-state index is 0.0357. The van der Waals surface area contributed by atoms with Gasteiger partial charge in [0, 0.05) is 19.6 Å². The number of amides is 2. The van der Waals surface area contributed by atoms with E-state index in [9.17, 15) is 14.4 Å². The minimum Gasteiger partial charge on any atom is -0.466 e. The third-order valence-electron chi connectivity index (χ3n) is 4.67. The molecule has 1 saturated heterocycles. The second-order valence-electron chi connectivity index (χ2n) is 6.37. The first-order valence-corrected chi connectivity index (χ1v) is 9.01. The second kappa shape index (κ2) is 8.85. The van der Waals surface area contributed by atoms with Crippen molar-refractivity contribution in [3.8, 4) is 0 Å². The molecule has 0 bridgehead atoms. The van der Waals surface area contributed by atoms with Crippen LogP contribution in [0.3, 0.4) is 0 Å². The van der Waals surface area contributed by atoms with Crippen LogP contribution in [0.1, 0.15) is 10.4 Å². The molecule has 0 aromatic heterocycles. The zero-order valence-electron chi connectivity index (χ0n) is 15.6. The largest absolute Gasteiger partial charge is 0.466 e.